The number of aromatic nitrogens is 3. The molecule has 0 saturated carbocycles. The summed E-state index contributed by atoms with van der Waals surface area (Å²) in [6, 6.07) is 10.9. The molecule has 3 aromatic rings. The van der Waals surface area contributed by atoms with Gasteiger partial charge in [-0.05, 0) is 71.7 Å². The molecule has 37 heavy (non-hydrogen) atoms. The normalized spacial score (nSPS) is 22.6. The third kappa shape index (κ3) is 5.41. The zero-order valence-electron chi connectivity index (χ0n) is 22.3. The van der Waals surface area contributed by atoms with Crippen LogP contribution >= 0.6 is 11.6 Å². The Hall–Kier alpha value is -2.84. The van der Waals surface area contributed by atoms with Crippen molar-refractivity contribution in [1.29, 1.82) is 0 Å². The molecule has 0 unspecified atom stereocenters. The largest absolute Gasteiger partial charge is 0.444 e. The summed E-state index contributed by atoms with van der Waals surface area (Å²) in [5, 5.41) is 0.625. The average molecular weight is 526 g/mol. The van der Waals surface area contributed by atoms with Crippen molar-refractivity contribution in [3.05, 3.63) is 41.6 Å². The molecule has 0 N–H and O–H groups in total. The van der Waals surface area contributed by atoms with Gasteiger partial charge in [0.25, 0.3) is 0 Å². The first-order valence-corrected chi connectivity index (χ1v) is 13.5. The highest BCUT2D eigenvalue weighted by Crippen LogP contribution is 2.33. The Kier molecular flexibility index (Phi) is 7.07. The van der Waals surface area contributed by atoms with E-state index in [1.165, 1.54) is 12.8 Å². The molecule has 3 atom stereocenters. The summed E-state index contributed by atoms with van der Waals surface area (Å²) in [7, 11) is 0. The number of amides is 1. The molecule has 2 saturated heterocycles. The number of benzene rings is 1. The number of ether oxygens (including phenoxy) is 2. The Morgan fingerprint density at radius 2 is 1.92 bits per heavy atom. The third-order valence-corrected chi connectivity index (χ3v) is 7.42. The Bertz CT molecular complexity index is 1260. The van der Waals surface area contributed by atoms with Gasteiger partial charge in [-0.3, -0.25) is 0 Å². The van der Waals surface area contributed by atoms with Crippen molar-refractivity contribution in [3.63, 3.8) is 0 Å². The number of imidazole rings is 1. The van der Waals surface area contributed by atoms with Gasteiger partial charge in [0.05, 0.1) is 41.9 Å². The van der Waals surface area contributed by atoms with E-state index in [9.17, 15) is 4.79 Å². The maximum atomic E-state index is 12.7. The third-order valence-electron chi connectivity index (χ3n) is 7.12. The topological polar surface area (TPSA) is 72.7 Å². The van der Waals surface area contributed by atoms with Crippen LogP contribution in [0.2, 0.25) is 5.02 Å². The zero-order chi connectivity index (χ0) is 26.3. The molecule has 2 fully saturated rings. The predicted molar refractivity (Wildman–Crippen MR) is 146 cm³/mol. The second-order valence-corrected chi connectivity index (χ2v) is 11.6. The fraction of sp³-hybridized carbons (Fsp3) is 0.536. The van der Waals surface area contributed by atoms with Crippen molar-refractivity contribution in [2.45, 2.75) is 77.8 Å². The quantitative estimate of drug-likeness (QED) is 0.431. The van der Waals surface area contributed by atoms with Crippen LogP contribution in [0, 0.1) is 0 Å². The molecule has 0 aliphatic carbocycles. The Balaban J connectivity index is 1.44. The van der Waals surface area contributed by atoms with Crippen LogP contribution in [0.1, 0.15) is 47.5 Å². The van der Waals surface area contributed by atoms with E-state index in [1.807, 2.05) is 45.2 Å². The summed E-state index contributed by atoms with van der Waals surface area (Å²) in [5.41, 5.74) is 2.03. The second kappa shape index (κ2) is 10.1. The molecule has 0 radical (unpaired) electrons. The van der Waals surface area contributed by atoms with Crippen LogP contribution < -0.4 is 4.90 Å². The lowest BCUT2D eigenvalue weighted by molar-refractivity contribution is -0.0468. The van der Waals surface area contributed by atoms with Crippen LogP contribution in [0.4, 0.5) is 10.6 Å². The number of halogens is 1. The van der Waals surface area contributed by atoms with Gasteiger partial charge in [0, 0.05) is 30.4 Å². The lowest BCUT2D eigenvalue weighted by atomic mass is 10.2. The lowest BCUT2D eigenvalue weighted by Gasteiger charge is -2.34. The molecule has 2 aromatic heterocycles. The standard InChI is InChI=1S/C28H36ClN5O3/c1-18-9-10-19(2)34(18)24-12-11-20(15-30-24)26-31-23-8-6-7-22(29)25(23)33(26)17-21-16-32(13-14-36-21)27(35)37-28(3,4)5/h6-8,11-12,15,18-19,21H,9-10,13-14,16-17H2,1-5H3/t18-,19-,21-/m0/s1. The van der Waals surface area contributed by atoms with Crippen LogP contribution in [0.5, 0.6) is 0 Å². The van der Waals surface area contributed by atoms with E-state index < -0.39 is 5.60 Å². The molecular formula is C28H36ClN5O3. The number of hydrogen-bond acceptors (Lipinski definition) is 6. The maximum absolute atomic E-state index is 12.7. The molecule has 1 aromatic carbocycles. The van der Waals surface area contributed by atoms with Gasteiger partial charge in [-0.25, -0.2) is 14.8 Å². The fourth-order valence-corrected chi connectivity index (χ4v) is 5.65. The number of pyridine rings is 1. The van der Waals surface area contributed by atoms with Gasteiger partial charge in [-0.2, -0.15) is 0 Å². The highest BCUT2D eigenvalue weighted by Gasteiger charge is 2.31. The number of carbonyl (C=O) groups excluding carboxylic acids is 1. The highest BCUT2D eigenvalue weighted by molar-refractivity contribution is 6.35. The molecule has 8 nitrogen and oxygen atoms in total. The smallest absolute Gasteiger partial charge is 0.410 e. The van der Waals surface area contributed by atoms with Crippen molar-refractivity contribution in [2.75, 3.05) is 24.6 Å². The Morgan fingerprint density at radius 1 is 1.16 bits per heavy atom. The summed E-state index contributed by atoms with van der Waals surface area (Å²) >= 11 is 6.67. The number of carbonyl (C=O) groups is 1. The molecule has 1 amide bonds. The van der Waals surface area contributed by atoms with Crippen molar-refractivity contribution in [2.24, 2.45) is 0 Å². The predicted octanol–water partition coefficient (Wildman–Crippen LogP) is 5.76. The van der Waals surface area contributed by atoms with E-state index in [2.05, 4.69) is 35.4 Å². The van der Waals surface area contributed by atoms with Gasteiger partial charge in [-0.1, -0.05) is 17.7 Å². The molecule has 4 heterocycles. The summed E-state index contributed by atoms with van der Waals surface area (Å²) < 4.78 is 13.8. The number of anilines is 1. The molecule has 5 rings (SSSR count). The van der Waals surface area contributed by atoms with Gasteiger partial charge in [0.1, 0.15) is 17.2 Å². The van der Waals surface area contributed by atoms with E-state index in [4.69, 9.17) is 31.0 Å². The van der Waals surface area contributed by atoms with Gasteiger partial charge in [0.2, 0.25) is 0 Å². The minimum Gasteiger partial charge on any atom is -0.444 e. The number of nitrogens with zero attached hydrogens (tertiary/aromatic N) is 5. The number of morpholine rings is 1. The number of hydrogen-bond donors (Lipinski definition) is 0. The van der Waals surface area contributed by atoms with Crippen LogP contribution in [0.15, 0.2) is 36.5 Å². The first-order valence-electron chi connectivity index (χ1n) is 13.1. The monoisotopic (exact) mass is 525 g/mol. The van der Waals surface area contributed by atoms with Crippen molar-refractivity contribution >= 4 is 34.5 Å². The molecule has 2 aliphatic heterocycles. The van der Waals surface area contributed by atoms with Crippen LogP contribution in [-0.4, -0.2) is 69.0 Å². The van der Waals surface area contributed by atoms with Crippen LogP contribution in [0.25, 0.3) is 22.4 Å². The van der Waals surface area contributed by atoms with Crippen molar-refractivity contribution < 1.29 is 14.3 Å². The maximum Gasteiger partial charge on any atom is 0.410 e. The van der Waals surface area contributed by atoms with E-state index in [-0.39, 0.29) is 12.2 Å². The van der Waals surface area contributed by atoms with E-state index in [1.54, 1.807) is 4.90 Å². The summed E-state index contributed by atoms with van der Waals surface area (Å²) in [5.74, 6) is 1.77. The molecule has 0 spiro atoms. The van der Waals surface area contributed by atoms with Gasteiger partial charge in [-0.15, -0.1) is 0 Å². The molecular weight excluding hydrogens is 490 g/mol. The summed E-state index contributed by atoms with van der Waals surface area (Å²) in [6.07, 6.45) is 3.71. The Morgan fingerprint density at radius 3 is 2.59 bits per heavy atom. The minimum absolute atomic E-state index is 0.229. The van der Waals surface area contributed by atoms with Crippen molar-refractivity contribution in [1.82, 2.24) is 19.4 Å². The number of fused-ring (bicyclic) bond motifs is 1. The van der Waals surface area contributed by atoms with Gasteiger partial charge in [0.15, 0.2) is 0 Å². The number of rotatable bonds is 4. The molecule has 2 aliphatic rings. The SMILES string of the molecule is C[C@H]1CC[C@H](C)N1c1ccc(-c2nc3cccc(Cl)c3n2C[C@@H]2CN(C(=O)OC(C)(C)C)CCO2)cn1. The molecule has 9 heteroatoms. The van der Waals surface area contributed by atoms with Gasteiger partial charge >= 0.3 is 6.09 Å². The first-order chi connectivity index (χ1) is 17.6. The van der Waals surface area contributed by atoms with E-state index in [0.29, 0.717) is 43.3 Å². The minimum atomic E-state index is -0.546. The Labute approximate surface area is 223 Å². The van der Waals surface area contributed by atoms with Gasteiger partial charge < -0.3 is 23.8 Å². The van der Waals surface area contributed by atoms with E-state index in [0.717, 1.165) is 28.2 Å². The molecule has 198 valence electrons. The van der Waals surface area contributed by atoms with Crippen LogP contribution in [0.3, 0.4) is 0 Å². The highest BCUT2D eigenvalue weighted by atomic mass is 35.5. The zero-order valence-corrected chi connectivity index (χ0v) is 23.0. The average Bonchev–Trinajstić information content (AvgIpc) is 3.38. The van der Waals surface area contributed by atoms with Crippen molar-refractivity contribution in [3.8, 4) is 11.4 Å². The lowest BCUT2D eigenvalue weighted by Crippen LogP contribution is -2.48. The second-order valence-electron chi connectivity index (χ2n) is 11.2. The number of para-hydroxylation sites is 1. The van der Waals surface area contributed by atoms with E-state index >= 15 is 0 Å². The summed E-state index contributed by atoms with van der Waals surface area (Å²) in [4.78, 5) is 26.6. The summed E-state index contributed by atoms with van der Waals surface area (Å²) in [6.45, 7) is 12.0. The first kappa shape index (κ1) is 25.8. The van der Waals surface area contributed by atoms with Crippen LogP contribution in [-0.2, 0) is 16.0 Å². The molecule has 0 bridgehead atoms. The fourth-order valence-electron chi connectivity index (χ4n) is 5.38.